The molecule has 0 aliphatic rings. The Balaban J connectivity index is 1.46. The minimum absolute atomic E-state index is 0.135. The van der Waals surface area contributed by atoms with Gasteiger partial charge in [-0.1, -0.05) is 145 Å². The van der Waals surface area contributed by atoms with E-state index in [1.54, 1.807) is 60.7 Å². The zero-order valence-corrected chi connectivity index (χ0v) is 25.6. The molecule has 0 atom stereocenters. The van der Waals surface area contributed by atoms with Crippen molar-refractivity contribution in [2.45, 2.75) is 0 Å². The lowest BCUT2D eigenvalue weighted by Gasteiger charge is -2.16. The average molecular weight is 657 g/mol. The van der Waals surface area contributed by atoms with Gasteiger partial charge in [-0.3, -0.25) is 0 Å². The van der Waals surface area contributed by atoms with Gasteiger partial charge in [0.05, 0.1) is 38.7 Å². The first-order chi connectivity index (χ1) is 31.4. The summed E-state index contributed by atoms with van der Waals surface area (Å²) in [7, 11) is 0. The van der Waals surface area contributed by atoms with E-state index in [1.807, 2.05) is 0 Å². The molecule has 0 bridgehead atoms. The molecular weight excluding hydrogens is 613 g/mol. The minimum Gasteiger partial charge on any atom is -0.455 e. The molecule has 10 aromatic rings. The van der Waals surface area contributed by atoms with Crippen LogP contribution in [0.3, 0.4) is 0 Å². The molecule has 0 saturated heterocycles. The van der Waals surface area contributed by atoms with Crippen LogP contribution in [0.5, 0.6) is 0 Å². The van der Waals surface area contributed by atoms with Gasteiger partial charge in [0.25, 0.3) is 0 Å². The van der Waals surface area contributed by atoms with Crippen molar-refractivity contribution in [1.29, 1.82) is 0 Å². The maximum Gasteiger partial charge on any atom is 0.164 e. The predicted molar refractivity (Wildman–Crippen MR) is 203 cm³/mol. The maximum atomic E-state index is 10.2. The molecule has 5 nitrogen and oxygen atoms in total. The summed E-state index contributed by atoms with van der Waals surface area (Å²) in [5.41, 5.74) is -1.77. The van der Waals surface area contributed by atoms with Crippen LogP contribution in [-0.2, 0) is 0 Å². The highest BCUT2D eigenvalue weighted by Crippen LogP contribution is 2.42. The van der Waals surface area contributed by atoms with Crippen molar-refractivity contribution in [3.8, 4) is 51.0 Å². The first-order valence-corrected chi connectivity index (χ1v) is 15.4. The van der Waals surface area contributed by atoms with Crippen molar-refractivity contribution < 1.29 is 26.3 Å². The van der Waals surface area contributed by atoms with Crippen molar-refractivity contribution in [2.75, 3.05) is 0 Å². The van der Waals surface area contributed by atoms with Crippen LogP contribution in [0, 0.1) is 0 Å². The second-order valence-electron chi connectivity index (χ2n) is 11.2. The van der Waals surface area contributed by atoms with Gasteiger partial charge in [0.15, 0.2) is 17.5 Å². The number of fused-ring (bicyclic) bond motifs is 6. The van der Waals surface area contributed by atoms with Gasteiger partial charge in [-0.05, 0) is 24.2 Å². The highest BCUT2D eigenvalue weighted by Gasteiger charge is 2.21. The second-order valence-corrected chi connectivity index (χ2v) is 11.2. The predicted octanol–water partition coefficient (Wildman–Crippen LogP) is 11.5. The van der Waals surface area contributed by atoms with E-state index in [-0.39, 0.29) is 55.6 Å². The Labute approximate surface area is 310 Å². The van der Waals surface area contributed by atoms with Gasteiger partial charge in [-0.2, -0.15) is 0 Å². The summed E-state index contributed by atoms with van der Waals surface area (Å²) in [6.07, 6.45) is 0. The number of benzene rings is 7. The number of hydrogen-bond donors (Lipinski definition) is 0. The summed E-state index contributed by atoms with van der Waals surface area (Å²) in [6.45, 7) is 0. The van der Waals surface area contributed by atoms with E-state index in [4.69, 9.17) is 34.4 Å². The fourth-order valence-electron chi connectivity index (χ4n) is 6.04. The molecule has 0 aliphatic heterocycles. The molecule has 0 amide bonds. The third-order valence-corrected chi connectivity index (χ3v) is 8.28. The third-order valence-electron chi connectivity index (χ3n) is 8.28. The van der Waals surface area contributed by atoms with Crippen LogP contribution < -0.4 is 0 Å². The zero-order chi connectivity index (χ0) is 46.9. The summed E-state index contributed by atoms with van der Waals surface area (Å²) >= 11 is 0. The van der Waals surface area contributed by atoms with Gasteiger partial charge in [0.2, 0.25) is 0 Å². The average Bonchev–Trinajstić information content (AvgIpc) is 3.90. The van der Waals surface area contributed by atoms with Crippen molar-refractivity contribution in [3.05, 3.63) is 169 Å². The van der Waals surface area contributed by atoms with Crippen LogP contribution >= 0.6 is 0 Å². The topological polar surface area (TPSA) is 56.7 Å². The summed E-state index contributed by atoms with van der Waals surface area (Å²) in [4.78, 5) is 14.3. The number of aromatic nitrogens is 4. The maximum absolute atomic E-state index is 10.2. The number of rotatable bonds is 5. The lowest BCUT2D eigenvalue weighted by molar-refractivity contribution is 0.670. The standard InChI is InChI=1S/C45H28N4O/c1-3-14-29(15-4-1)43-46-44(30-16-5-2-6-17-30)48-45(47-43)31-26-27-34(36-21-13-22-37-35-20-9-12-25-41(35)50-42(36)37)40(28-31)49-38-23-10-7-18-32(38)33-19-8-11-24-39(33)49/h1-28H/i7D,8D,9D,10D,12D,13D,18D,19D,20D,21D,22D,23D,24D,25D,27D,28D. The normalized spacial score (nSPS) is 16.1. The first kappa shape index (κ1) is 16.5. The SMILES string of the molecule is [2H]c1cc(-c2nc(-c3ccccc3)nc(-c3ccccc3)n2)c([2H])c(-n2c3c([2H])cc([2H])c([2H])c3c3c([2H])c([2H])c([2H])c([2H])c32)c1-c1c([2H])c([2H])c([2H])c2c1oc1c([2H])c([2H])c([2H])c([2H])c12. The molecule has 7 aromatic carbocycles. The quantitative estimate of drug-likeness (QED) is 0.185. The van der Waals surface area contributed by atoms with Crippen LogP contribution in [0.4, 0.5) is 0 Å². The monoisotopic (exact) mass is 656 g/mol. The molecule has 5 heteroatoms. The molecule has 0 unspecified atom stereocenters. The molecule has 3 heterocycles. The molecule has 0 spiro atoms. The Morgan fingerprint density at radius 1 is 0.460 bits per heavy atom. The first-order valence-electron chi connectivity index (χ1n) is 23.4. The van der Waals surface area contributed by atoms with Crippen molar-refractivity contribution in [2.24, 2.45) is 0 Å². The summed E-state index contributed by atoms with van der Waals surface area (Å²) in [5.74, 6) is 0.225. The molecule has 0 aliphatic carbocycles. The van der Waals surface area contributed by atoms with Gasteiger partial charge >= 0.3 is 0 Å². The highest BCUT2D eigenvalue weighted by molar-refractivity contribution is 6.12. The fraction of sp³-hybridized carbons (Fsp3) is 0. The van der Waals surface area contributed by atoms with Gasteiger partial charge < -0.3 is 8.98 Å². The smallest absolute Gasteiger partial charge is 0.164 e. The largest absolute Gasteiger partial charge is 0.455 e. The van der Waals surface area contributed by atoms with E-state index < -0.39 is 125 Å². The number of furan rings is 1. The van der Waals surface area contributed by atoms with E-state index in [0.717, 1.165) is 10.6 Å². The lowest BCUT2D eigenvalue weighted by atomic mass is 9.98. The molecule has 10 rings (SSSR count). The van der Waals surface area contributed by atoms with Crippen LogP contribution in [-0.4, -0.2) is 19.5 Å². The number of para-hydroxylation sites is 4. The Kier molecular flexibility index (Phi) is 3.76. The number of nitrogens with zero attached hydrogens (tertiary/aromatic N) is 4. The molecule has 50 heavy (non-hydrogen) atoms. The second kappa shape index (κ2) is 11.4. The van der Waals surface area contributed by atoms with Gasteiger partial charge in [0.1, 0.15) is 11.2 Å². The zero-order valence-electron chi connectivity index (χ0n) is 41.6. The van der Waals surface area contributed by atoms with E-state index >= 15 is 0 Å². The van der Waals surface area contributed by atoms with Crippen LogP contribution in [0.15, 0.2) is 174 Å². The van der Waals surface area contributed by atoms with Crippen molar-refractivity contribution in [3.63, 3.8) is 0 Å². The molecule has 0 radical (unpaired) electrons. The van der Waals surface area contributed by atoms with Gasteiger partial charge in [-0.15, -0.1) is 0 Å². The number of hydrogen-bond acceptors (Lipinski definition) is 4. The van der Waals surface area contributed by atoms with Gasteiger partial charge in [0, 0.05) is 49.4 Å². The Morgan fingerprint density at radius 2 is 1.06 bits per heavy atom. The summed E-state index contributed by atoms with van der Waals surface area (Å²) < 4.78 is 152. The molecule has 0 N–H and O–H groups in total. The minimum atomic E-state index is -0.747. The fourth-order valence-corrected chi connectivity index (χ4v) is 6.04. The van der Waals surface area contributed by atoms with Gasteiger partial charge in [-0.25, -0.2) is 15.0 Å². The van der Waals surface area contributed by atoms with E-state index in [1.165, 1.54) is 6.07 Å². The summed E-state index contributed by atoms with van der Waals surface area (Å²) in [5, 5.41) is -1.11. The highest BCUT2D eigenvalue weighted by atomic mass is 16.3. The molecular formula is C45H28N4O. The van der Waals surface area contributed by atoms with E-state index in [2.05, 4.69) is 0 Å². The summed E-state index contributed by atoms with van der Waals surface area (Å²) in [6, 6.07) is 10.1. The Hall–Kier alpha value is -6.85. The Bertz CT molecular complexity index is 3720. The van der Waals surface area contributed by atoms with E-state index in [0.29, 0.717) is 11.1 Å². The van der Waals surface area contributed by atoms with Crippen LogP contribution in [0.25, 0.3) is 94.7 Å². The van der Waals surface area contributed by atoms with E-state index in [9.17, 15) is 6.85 Å². The molecule has 0 fully saturated rings. The molecule has 3 aromatic heterocycles. The van der Waals surface area contributed by atoms with Crippen LogP contribution in [0.1, 0.15) is 21.9 Å². The molecule has 0 saturated carbocycles. The Morgan fingerprint density at radius 3 is 1.80 bits per heavy atom. The third kappa shape index (κ3) is 4.52. The molecule has 234 valence electrons. The lowest BCUT2D eigenvalue weighted by Crippen LogP contribution is -2.02. The van der Waals surface area contributed by atoms with Crippen molar-refractivity contribution >= 4 is 43.7 Å². The van der Waals surface area contributed by atoms with Crippen LogP contribution in [0.2, 0.25) is 0 Å². The van der Waals surface area contributed by atoms with Crippen molar-refractivity contribution in [1.82, 2.24) is 19.5 Å².